The fraction of sp³-hybridized carbons (Fsp3) is 0.727. The van der Waals surface area contributed by atoms with Crippen molar-refractivity contribution >= 4 is 10.0 Å². The van der Waals surface area contributed by atoms with Crippen LogP contribution in [0.2, 0.25) is 0 Å². The highest BCUT2D eigenvalue weighted by Gasteiger charge is 2.21. The molecule has 1 rings (SSSR count). The Morgan fingerprint density at radius 2 is 2.06 bits per heavy atom. The van der Waals surface area contributed by atoms with Gasteiger partial charge in [0.1, 0.15) is 4.90 Å². The molecule has 0 saturated heterocycles. The van der Waals surface area contributed by atoms with Crippen molar-refractivity contribution in [3.05, 3.63) is 11.4 Å². The lowest BCUT2D eigenvalue weighted by atomic mass is 10.4. The summed E-state index contributed by atoms with van der Waals surface area (Å²) in [5.74, 6) is 0. The zero-order valence-electron chi connectivity index (χ0n) is 11.1. The Morgan fingerprint density at radius 1 is 1.33 bits per heavy atom. The maximum Gasteiger partial charge on any atom is 0.244 e. The average Bonchev–Trinajstić information content (AvgIpc) is 2.64. The van der Waals surface area contributed by atoms with Gasteiger partial charge in [-0.2, -0.15) is 5.10 Å². The van der Waals surface area contributed by atoms with Crippen LogP contribution in [0.1, 0.15) is 31.2 Å². The van der Waals surface area contributed by atoms with E-state index in [-0.39, 0.29) is 4.90 Å². The molecular formula is C11H21N3O3S. The molecule has 0 aromatic carbocycles. The van der Waals surface area contributed by atoms with Crippen LogP contribution in [0, 0.1) is 13.8 Å². The normalized spacial score (nSPS) is 11.9. The fourth-order valence-corrected chi connectivity index (χ4v) is 3.08. The van der Waals surface area contributed by atoms with Crippen LogP contribution < -0.4 is 4.72 Å². The number of aromatic nitrogens is 2. The standard InChI is InChI=1S/C11H21N3O3S/c1-4-7-17-8-5-6-12-18(15,16)11-9(2)13-14-10(11)3/h12H,4-8H2,1-3H3,(H,13,14). The third-order valence-corrected chi connectivity index (χ3v) is 4.16. The van der Waals surface area contributed by atoms with Crippen molar-refractivity contribution in [2.24, 2.45) is 0 Å². The number of aromatic amines is 1. The van der Waals surface area contributed by atoms with Crippen molar-refractivity contribution in [3.8, 4) is 0 Å². The second kappa shape index (κ2) is 6.86. The number of sulfonamides is 1. The lowest BCUT2D eigenvalue weighted by molar-refractivity contribution is 0.133. The van der Waals surface area contributed by atoms with Crippen LogP contribution in [0.5, 0.6) is 0 Å². The number of hydrogen-bond acceptors (Lipinski definition) is 4. The first-order valence-corrected chi connectivity index (χ1v) is 7.56. The smallest absolute Gasteiger partial charge is 0.244 e. The van der Waals surface area contributed by atoms with Gasteiger partial charge in [0.2, 0.25) is 10.0 Å². The monoisotopic (exact) mass is 275 g/mol. The van der Waals surface area contributed by atoms with E-state index in [0.717, 1.165) is 6.42 Å². The Bertz CT molecular complexity index is 448. The van der Waals surface area contributed by atoms with E-state index >= 15 is 0 Å². The number of ether oxygens (including phenoxy) is 1. The highest BCUT2D eigenvalue weighted by atomic mass is 32.2. The molecular weight excluding hydrogens is 254 g/mol. The summed E-state index contributed by atoms with van der Waals surface area (Å²) in [5.41, 5.74) is 1.05. The van der Waals surface area contributed by atoms with Crippen molar-refractivity contribution in [2.75, 3.05) is 19.8 Å². The first kappa shape index (κ1) is 15.1. The van der Waals surface area contributed by atoms with Gasteiger partial charge in [-0.1, -0.05) is 6.92 Å². The van der Waals surface area contributed by atoms with Gasteiger partial charge in [-0.25, -0.2) is 13.1 Å². The minimum atomic E-state index is -3.47. The zero-order chi connectivity index (χ0) is 13.6. The minimum absolute atomic E-state index is 0.247. The lowest BCUT2D eigenvalue weighted by Crippen LogP contribution is -2.26. The summed E-state index contributed by atoms with van der Waals surface area (Å²) in [6, 6.07) is 0. The zero-order valence-corrected chi connectivity index (χ0v) is 11.9. The number of hydrogen-bond donors (Lipinski definition) is 2. The predicted molar refractivity (Wildman–Crippen MR) is 69.0 cm³/mol. The van der Waals surface area contributed by atoms with E-state index in [2.05, 4.69) is 14.9 Å². The fourth-order valence-electron chi connectivity index (χ4n) is 1.64. The van der Waals surface area contributed by atoms with E-state index in [9.17, 15) is 8.42 Å². The maximum absolute atomic E-state index is 12.0. The highest BCUT2D eigenvalue weighted by Crippen LogP contribution is 2.15. The number of nitrogens with one attached hydrogen (secondary N) is 2. The third kappa shape index (κ3) is 4.08. The van der Waals surface area contributed by atoms with Gasteiger partial charge >= 0.3 is 0 Å². The van der Waals surface area contributed by atoms with Crippen molar-refractivity contribution in [1.29, 1.82) is 0 Å². The van der Waals surface area contributed by atoms with Gasteiger partial charge in [-0.3, -0.25) is 5.10 Å². The minimum Gasteiger partial charge on any atom is -0.381 e. The molecule has 6 nitrogen and oxygen atoms in total. The van der Waals surface area contributed by atoms with Crippen molar-refractivity contribution < 1.29 is 13.2 Å². The van der Waals surface area contributed by atoms with Crippen LogP contribution in [0.15, 0.2) is 4.90 Å². The molecule has 1 aromatic rings. The third-order valence-electron chi connectivity index (χ3n) is 2.44. The number of aryl methyl sites for hydroxylation is 2. The van der Waals surface area contributed by atoms with Crippen LogP contribution >= 0.6 is 0 Å². The maximum atomic E-state index is 12.0. The topological polar surface area (TPSA) is 84.1 Å². The summed E-state index contributed by atoms with van der Waals surface area (Å²) in [6.45, 7) is 7.05. The SMILES string of the molecule is CCCOCCCNS(=O)(=O)c1c(C)n[nH]c1C. The molecule has 0 fully saturated rings. The summed E-state index contributed by atoms with van der Waals surface area (Å²) in [5, 5.41) is 6.55. The Labute approximate surface area is 108 Å². The van der Waals surface area contributed by atoms with E-state index in [1.165, 1.54) is 0 Å². The number of rotatable bonds is 8. The molecule has 0 radical (unpaired) electrons. The van der Waals surface area contributed by atoms with Crippen molar-refractivity contribution in [1.82, 2.24) is 14.9 Å². The quantitative estimate of drug-likeness (QED) is 0.696. The van der Waals surface area contributed by atoms with Gasteiger partial charge in [0.05, 0.1) is 11.4 Å². The molecule has 104 valence electrons. The van der Waals surface area contributed by atoms with E-state index < -0.39 is 10.0 Å². The lowest BCUT2D eigenvalue weighted by Gasteiger charge is -2.07. The van der Waals surface area contributed by atoms with Gasteiger partial charge in [0, 0.05) is 19.8 Å². The molecule has 18 heavy (non-hydrogen) atoms. The van der Waals surface area contributed by atoms with Crippen LogP contribution in [0.25, 0.3) is 0 Å². The molecule has 1 heterocycles. The highest BCUT2D eigenvalue weighted by molar-refractivity contribution is 7.89. The summed E-state index contributed by atoms with van der Waals surface area (Å²) >= 11 is 0. The second-order valence-corrected chi connectivity index (χ2v) is 5.83. The summed E-state index contributed by atoms with van der Waals surface area (Å²) in [4.78, 5) is 0.247. The van der Waals surface area contributed by atoms with Gasteiger partial charge < -0.3 is 4.74 Å². The number of H-pyrrole nitrogens is 1. The van der Waals surface area contributed by atoms with Crippen LogP contribution in [0.3, 0.4) is 0 Å². The van der Waals surface area contributed by atoms with Crippen LogP contribution in [0.4, 0.5) is 0 Å². The Balaban J connectivity index is 2.46. The Hall–Kier alpha value is -0.920. The van der Waals surface area contributed by atoms with E-state index in [1.807, 2.05) is 6.92 Å². The molecule has 1 aromatic heterocycles. The molecule has 0 aliphatic rings. The average molecular weight is 275 g/mol. The molecule has 0 atom stereocenters. The molecule has 0 unspecified atom stereocenters. The predicted octanol–water partition coefficient (Wildman–Crippen LogP) is 1.12. The summed E-state index contributed by atoms with van der Waals surface area (Å²) in [6.07, 6.45) is 1.63. The molecule has 2 N–H and O–H groups in total. The molecule has 7 heteroatoms. The van der Waals surface area contributed by atoms with E-state index in [4.69, 9.17) is 4.74 Å². The van der Waals surface area contributed by atoms with Crippen LogP contribution in [-0.4, -0.2) is 38.4 Å². The van der Waals surface area contributed by atoms with Gasteiger partial charge in [-0.05, 0) is 26.7 Å². The largest absolute Gasteiger partial charge is 0.381 e. The van der Waals surface area contributed by atoms with Crippen LogP contribution in [-0.2, 0) is 14.8 Å². The van der Waals surface area contributed by atoms with E-state index in [1.54, 1.807) is 13.8 Å². The molecule has 0 aliphatic heterocycles. The Kier molecular flexibility index (Phi) is 5.77. The molecule has 0 amide bonds. The van der Waals surface area contributed by atoms with Crippen molar-refractivity contribution in [3.63, 3.8) is 0 Å². The molecule has 0 bridgehead atoms. The molecule has 0 saturated carbocycles. The number of nitrogens with zero attached hydrogens (tertiary/aromatic N) is 1. The van der Waals surface area contributed by atoms with Gasteiger partial charge in [0.25, 0.3) is 0 Å². The first-order chi connectivity index (χ1) is 8.49. The van der Waals surface area contributed by atoms with Gasteiger partial charge in [0.15, 0.2) is 0 Å². The van der Waals surface area contributed by atoms with Gasteiger partial charge in [-0.15, -0.1) is 0 Å². The van der Waals surface area contributed by atoms with Crippen molar-refractivity contribution in [2.45, 2.75) is 38.5 Å². The second-order valence-electron chi connectivity index (χ2n) is 4.13. The summed E-state index contributed by atoms with van der Waals surface area (Å²) < 4.78 is 31.9. The molecule has 0 spiro atoms. The summed E-state index contributed by atoms with van der Waals surface area (Å²) in [7, 11) is -3.47. The molecule has 0 aliphatic carbocycles. The first-order valence-electron chi connectivity index (χ1n) is 6.08. The van der Waals surface area contributed by atoms with E-state index in [0.29, 0.717) is 37.6 Å². The Morgan fingerprint density at radius 3 is 2.61 bits per heavy atom.